The van der Waals surface area contributed by atoms with Gasteiger partial charge in [0, 0.05) is 10.9 Å². The molecule has 0 saturated carbocycles. The normalized spacial score (nSPS) is 25.6. The van der Waals surface area contributed by atoms with E-state index in [0.29, 0.717) is 6.04 Å². The Hall–Kier alpha value is -1.11. The first kappa shape index (κ1) is 10.4. The lowest BCUT2D eigenvalue weighted by Gasteiger charge is -2.35. The molecule has 3 heteroatoms. The zero-order valence-corrected chi connectivity index (χ0v) is 9.63. The molecule has 15 heavy (non-hydrogen) atoms. The summed E-state index contributed by atoms with van der Waals surface area (Å²) in [5.41, 5.74) is 1.34. The minimum absolute atomic E-state index is 0.0706. The summed E-state index contributed by atoms with van der Waals surface area (Å²) in [7, 11) is 2.03. The number of likely N-dealkylation sites (N-methyl/N-ethyl adjacent to an activating group) is 1. The lowest BCUT2D eigenvalue weighted by molar-refractivity contribution is 0.193. The average Bonchev–Trinajstić information content (AvgIpc) is 2.67. The molecule has 0 amide bonds. The lowest BCUT2D eigenvalue weighted by atomic mass is 9.94. The summed E-state index contributed by atoms with van der Waals surface area (Å²) < 4.78 is 0. The van der Waals surface area contributed by atoms with Crippen LogP contribution in [0.2, 0.25) is 0 Å². The molecule has 2 nitrogen and oxygen atoms in total. The van der Waals surface area contributed by atoms with Crippen molar-refractivity contribution >= 4 is 11.3 Å². The van der Waals surface area contributed by atoms with E-state index in [-0.39, 0.29) is 6.04 Å². The molecule has 2 heterocycles. The Morgan fingerprint density at radius 3 is 3.27 bits per heavy atom. The second-order valence-corrected chi connectivity index (χ2v) is 4.84. The smallest absolute Gasteiger partial charge is 0.133 e. The molecule has 1 aromatic rings. The van der Waals surface area contributed by atoms with Crippen LogP contribution >= 0.6 is 11.3 Å². The summed E-state index contributed by atoms with van der Waals surface area (Å²) in [6.45, 7) is 3.78. The van der Waals surface area contributed by atoms with Gasteiger partial charge < -0.3 is 0 Å². The molecule has 0 radical (unpaired) electrons. The molecular weight excluding hydrogens is 204 g/mol. The maximum atomic E-state index is 9.20. The summed E-state index contributed by atoms with van der Waals surface area (Å²) >= 11 is 1.69. The molecule has 2 rings (SSSR count). The second-order valence-electron chi connectivity index (χ2n) is 3.89. The minimum Gasteiger partial charge on any atom is -0.283 e. The summed E-state index contributed by atoms with van der Waals surface area (Å²) in [4.78, 5) is 3.39. The van der Waals surface area contributed by atoms with Crippen LogP contribution in [0.25, 0.3) is 0 Å². The SMILES string of the molecule is C=CCC1Cc2ccsc2C(C#N)N1C. The highest BCUT2D eigenvalue weighted by Crippen LogP contribution is 2.36. The minimum atomic E-state index is -0.0706. The van der Waals surface area contributed by atoms with Gasteiger partial charge in [0.1, 0.15) is 6.04 Å². The highest BCUT2D eigenvalue weighted by molar-refractivity contribution is 7.10. The Kier molecular flexibility index (Phi) is 2.90. The van der Waals surface area contributed by atoms with Gasteiger partial charge in [-0.2, -0.15) is 5.26 Å². The Bertz CT molecular complexity index is 402. The molecule has 0 fully saturated rings. The average molecular weight is 218 g/mol. The van der Waals surface area contributed by atoms with E-state index >= 15 is 0 Å². The fraction of sp³-hybridized carbons (Fsp3) is 0.417. The van der Waals surface area contributed by atoms with Gasteiger partial charge in [0.25, 0.3) is 0 Å². The zero-order valence-electron chi connectivity index (χ0n) is 8.81. The van der Waals surface area contributed by atoms with Gasteiger partial charge in [0.05, 0.1) is 6.07 Å². The quantitative estimate of drug-likeness (QED) is 0.714. The van der Waals surface area contributed by atoms with Crippen LogP contribution in [0, 0.1) is 11.3 Å². The molecule has 1 aromatic heterocycles. The largest absolute Gasteiger partial charge is 0.283 e. The molecule has 0 bridgehead atoms. The van der Waals surface area contributed by atoms with E-state index in [2.05, 4.69) is 29.0 Å². The monoisotopic (exact) mass is 218 g/mol. The van der Waals surface area contributed by atoms with Crippen LogP contribution in [0.4, 0.5) is 0 Å². The number of hydrogen-bond donors (Lipinski definition) is 0. The summed E-state index contributed by atoms with van der Waals surface area (Å²) in [6, 6.07) is 4.89. The Morgan fingerprint density at radius 2 is 2.60 bits per heavy atom. The molecule has 0 N–H and O–H groups in total. The molecular formula is C12H14N2S. The van der Waals surface area contributed by atoms with Crippen molar-refractivity contribution in [3.63, 3.8) is 0 Å². The standard InChI is InChI=1S/C12H14N2S/c1-3-4-10-7-9-5-6-15-12(9)11(8-13)14(10)2/h3,5-6,10-11H,1,4,7H2,2H3. The van der Waals surface area contributed by atoms with E-state index < -0.39 is 0 Å². The highest BCUT2D eigenvalue weighted by atomic mass is 32.1. The summed E-state index contributed by atoms with van der Waals surface area (Å²) in [5.74, 6) is 0. The topological polar surface area (TPSA) is 27.0 Å². The molecule has 1 aliphatic rings. The van der Waals surface area contributed by atoms with Crippen LogP contribution < -0.4 is 0 Å². The van der Waals surface area contributed by atoms with Crippen molar-refractivity contribution < 1.29 is 0 Å². The molecule has 2 atom stereocenters. The van der Waals surface area contributed by atoms with E-state index in [1.165, 1.54) is 10.4 Å². The van der Waals surface area contributed by atoms with Crippen molar-refractivity contribution in [3.05, 3.63) is 34.5 Å². The summed E-state index contributed by atoms with van der Waals surface area (Å²) in [6.07, 6.45) is 3.93. The van der Waals surface area contributed by atoms with Gasteiger partial charge >= 0.3 is 0 Å². The van der Waals surface area contributed by atoms with Crippen LogP contribution in [0.5, 0.6) is 0 Å². The first-order chi connectivity index (χ1) is 7.27. The van der Waals surface area contributed by atoms with E-state index in [0.717, 1.165) is 12.8 Å². The first-order valence-electron chi connectivity index (χ1n) is 5.06. The number of nitrogens with zero attached hydrogens (tertiary/aromatic N) is 2. The van der Waals surface area contributed by atoms with Crippen molar-refractivity contribution in [3.8, 4) is 6.07 Å². The third-order valence-corrected chi connectivity index (χ3v) is 4.04. The van der Waals surface area contributed by atoms with Gasteiger partial charge in [0.2, 0.25) is 0 Å². The number of fused-ring (bicyclic) bond motifs is 1. The number of nitriles is 1. The van der Waals surface area contributed by atoms with E-state index in [9.17, 15) is 5.26 Å². The highest BCUT2D eigenvalue weighted by Gasteiger charge is 2.31. The maximum absolute atomic E-state index is 9.20. The van der Waals surface area contributed by atoms with Gasteiger partial charge in [0.15, 0.2) is 0 Å². The van der Waals surface area contributed by atoms with Gasteiger partial charge in [-0.25, -0.2) is 0 Å². The lowest BCUT2D eigenvalue weighted by Crippen LogP contribution is -2.39. The van der Waals surface area contributed by atoms with Crippen LogP contribution in [0.1, 0.15) is 22.9 Å². The van der Waals surface area contributed by atoms with Crippen LogP contribution in [0.15, 0.2) is 24.1 Å². The molecule has 0 saturated heterocycles. The van der Waals surface area contributed by atoms with Crippen LogP contribution in [-0.4, -0.2) is 18.0 Å². The second kappa shape index (κ2) is 4.18. The first-order valence-corrected chi connectivity index (χ1v) is 5.94. The fourth-order valence-corrected chi connectivity index (χ4v) is 3.17. The zero-order chi connectivity index (χ0) is 10.8. The van der Waals surface area contributed by atoms with Gasteiger partial charge in [-0.15, -0.1) is 17.9 Å². The van der Waals surface area contributed by atoms with Gasteiger partial charge in [-0.1, -0.05) is 6.08 Å². The predicted octanol–water partition coefficient (Wildman–Crippen LogP) is 2.75. The van der Waals surface area contributed by atoms with Crippen LogP contribution in [0.3, 0.4) is 0 Å². The third kappa shape index (κ3) is 1.71. The van der Waals surface area contributed by atoms with Gasteiger partial charge in [-0.05, 0) is 36.9 Å². The fourth-order valence-electron chi connectivity index (χ4n) is 2.14. The molecule has 1 aliphatic heterocycles. The Labute approximate surface area is 94.4 Å². The number of hydrogen-bond acceptors (Lipinski definition) is 3. The number of rotatable bonds is 2. The van der Waals surface area contributed by atoms with E-state index in [1.807, 2.05) is 13.1 Å². The van der Waals surface area contributed by atoms with Crippen LogP contribution in [-0.2, 0) is 6.42 Å². The molecule has 0 spiro atoms. The Morgan fingerprint density at radius 1 is 1.80 bits per heavy atom. The summed E-state index contributed by atoms with van der Waals surface area (Å²) in [5, 5.41) is 11.3. The van der Waals surface area contributed by atoms with Crippen molar-refractivity contribution in [2.45, 2.75) is 24.9 Å². The molecule has 2 unspecified atom stereocenters. The van der Waals surface area contributed by atoms with E-state index in [1.54, 1.807) is 11.3 Å². The third-order valence-electron chi connectivity index (χ3n) is 3.03. The van der Waals surface area contributed by atoms with Crippen molar-refractivity contribution in [1.82, 2.24) is 4.90 Å². The van der Waals surface area contributed by atoms with Gasteiger partial charge in [-0.3, -0.25) is 4.90 Å². The van der Waals surface area contributed by atoms with Crippen molar-refractivity contribution in [2.24, 2.45) is 0 Å². The predicted molar refractivity (Wildman–Crippen MR) is 62.7 cm³/mol. The van der Waals surface area contributed by atoms with Crippen molar-refractivity contribution in [2.75, 3.05) is 7.05 Å². The number of thiophene rings is 1. The molecule has 0 aromatic carbocycles. The maximum Gasteiger partial charge on any atom is 0.133 e. The van der Waals surface area contributed by atoms with Crippen molar-refractivity contribution in [1.29, 1.82) is 5.26 Å². The molecule has 78 valence electrons. The molecule has 0 aliphatic carbocycles. The van der Waals surface area contributed by atoms with E-state index in [4.69, 9.17) is 0 Å². The Balaban J connectivity index is 2.34.